The van der Waals surface area contributed by atoms with E-state index in [0.29, 0.717) is 6.42 Å². The molecule has 0 N–H and O–H groups in total. The number of rotatable bonds is 2. The molecule has 0 fully saturated rings. The van der Waals surface area contributed by atoms with Gasteiger partial charge in [-0.3, -0.25) is 4.79 Å². The normalized spacial score (nSPS) is 17.0. The molecule has 142 valence electrons. The maximum atomic E-state index is 13.0. The van der Waals surface area contributed by atoms with Crippen LogP contribution in [0.1, 0.15) is 41.9 Å². The fraction of sp³-hybridized carbons (Fsp3) is 0.280. The predicted octanol–water partition coefficient (Wildman–Crippen LogP) is 4.88. The fourth-order valence-electron chi connectivity index (χ4n) is 4.19. The molecule has 1 aliphatic carbocycles. The number of carbonyl (C=O) groups is 1. The van der Waals surface area contributed by atoms with Crippen molar-refractivity contribution in [3.8, 4) is 0 Å². The third kappa shape index (κ3) is 3.01. The number of hydrogen-bond acceptors (Lipinski definition) is 2. The summed E-state index contributed by atoms with van der Waals surface area (Å²) in [6.45, 7) is 4.34. The highest BCUT2D eigenvalue weighted by atomic mass is 16.1. The van der Waals surface area contributed by atoms with Crippen molar-refractivity contribution in [3.05, 3.63) is 71.4 Å². The number of hydrogen-bond donors (Lipinski definition) is 0. The molecule has 0 saturated carbocycles. The molecule has 3 heteroatoms. The van der Waals surface area contributed by atoms with Crippen LogP contribution in [0.5, 0.6) is 0 Å². The standard InChI is InChI=1S/C25H27N2O/c1-25(2)16-23(28)20-15-18-8-6-7-9-22(18)27(5)24(20)21(25)14-17-10-12-19(13-11-17)26(3)4/h6-15H,16H2,1-5H3/q+1. The van der Waals surface area contributed by atoms with Gasteiger partial charge in [0, 0.05) is 48.6 Å². The van der Waals surface area contributed by atoms with Crippen molar-refractivity contribution in [1.29, 1.82) is 0 Å². The van der Waals surface area contributed by atoms with Crippen LogP contribution in [0, 0.1) is 5.41 Å². The van der Waals surface area contributed by atoms with Crippen LogP contribution in [-0.2, 0) is 7.05 Å². The average Bonchev–Trinajstić information content (AvgIpc) is 2.65. The first-order valence-electron chi connectivity index (χ1n) is 9.73. The highest BCUT2D eigenvalue weighted by Crippen LogP contribution is 2.44. The van der Waals surface area contributed by atoms with Gasteiger partial charge in [-0.05, 0) is 35.9 Å². The number of Topliss-reactive ketones (excluding diaryl/α,β-unsaturated/α-hetero) is 1. The van der Waals surface area contributed by atoms with E-state index in [1.165, 1.54) is 11.3 Å². The Balaban J connectivity index is 1.95. The van der Waals surface area contributed by atoms with E-state index in [2.05, 4.69) is 78.9 Å². The van der Waals surface area contributed by atoms with Gasteiger partial charge in [-0.25, -0.2) is 0 Å². The molecule has 1 aliphatic rings. The lowest BCUT2D eigenvalue weighted by atomic mass is 9.70. The molecule has 3 aromatic rings. The molecule has 0 spiro atoms. The Bertz CT molecular complexity index is 1110. The number of carbonyl (C=O) groups excluding carboxylic acids is 1. The summed E-state index contributed by atoms with van der Waals surface area (Å²) in [7, 11) is 6.16. The zero-order chi connectivity index (χ0) is 20.1. The molecule has 0 radical (unpaired) electrons. The maximum Gasteiger partial charge on any atom is 0.220 e. The lowest BCUT2D eigenvalue weighted by molar-refractivity contribution is -0.647. The van der Waals surface area contributed by atoms with Crippen molar-refractivity contribution in [2.75, 3.05) is 19.0 Å². The molecule has 0 atom stereocenters. The van der Waals surface area contributed by atoms with E-state index in [1.54, 1.807) is 0 Å². The van der Waals surface area contributed by atoms with Crippen molar-refractivity contribution >= 4 is 34.0 Å². The summed E-state index contributed by atoms with van der Waals surface area (Å²) in [5.41, 5.74) is 6.34. The van der Waals surface area contributed by atoms with E-state index < -0.39 is 0 Å². The van der Waals surface area contributed by atoms with E-state index in [4.69, 9.17) is 0 Å². The smallest absolute Gasteiger partial charge is 0.220 e. The number of para-hydroxylation sites is 1. The zero-order valence-electron chi connectivity index (χ0n) is 17.3. The van der Waals surface area contributed by atoms with Crippen LogP contribution < -0.4 is 9.47 Å². The Kier molecular flexibility index (Phi) is 4.34. The number of pyridine rings is 1. The largest absolute Gasteiger partial charge is 0.378 e. The van der Waals surface area contributed by atoms with Gasteiger partial charge in [0.25, 0.3) is 0 Å². The Morgan fingerprint density at radius 3 is 2.39 bits per heavy atom. The van der Waals surface area contributed by atoms with E-state index in [9.17, 15) is 4.79 Å². The minimum atomic E-state index is -0.218. The van der Waals surface area contributed by atoms with Gasteiger partial charge in [0.2, 0.25) is 11.2 Å². The van der Waals surface area contributed by atoms with Crippen LogP contribution in [0.4, 0.5) is 5.69 Å². The fourth-order valence-corrected chi connectivity index (χ4v) is 4.19. The number of benzene rings is 2. The van der Waals surface area contributed by atoms with Crippen LogP contribution in [0.25, 0.3) is 22.6 Å². The van der Waals surface area contributed by atoms with Crippen LogP contribution in [0.3, 0.4) is 0 Å². The van der Waals surface area contributed by atoms with E-state index in [1.807, 2.05) is 26.2 Å². The number of allylic oxidation sites excluding steroid dienone is 1. The van der Waals surface area contributed by atoms with Crippen molar-refractivity contribution in [2.45, 2.75) is 20.3 Å². The third-order valence-electron chi connectivity index (χ3n) is 5.80. The topological polar surface area (TPSA) is 24.2 Å². The van der Waals surface area contributed by atoms with E-state index >= 15 is 0 Å². The first kappa shape index (κ1) is 18.4. The SMILES string of the molecule is CN(C)c1ccc(C=C2c3c(cc4ccccc4[n+]3C)C(=O)CC2(C)C)cc1. The van der Waals surface area contributed by atoms with Gasteiger partial charge >= 0.3 is 0 Å². The Hall–Kier alpha value is -2.94. The molecule has 4 rings (SSSR count). The maximum absolute atomic E-state index is 13.0. The Morgan fingerprint density at radius 2 is 1.71 bits per heavy atom. The molecule has 0 aliphatic heterocycles. The van der Waals surface area contributed by atoms with E-state index in [0.717, 1.165) is 27.7 Å². The second kappa shape index (κ2) is 6.59. The highest BCUT2D eigenvalue weighted by Gasteiger charge is 2.41. The van der Waals surface area contributed by atoms with Gasteiger partial charge < -0.3 is 4.90 Å². The van der Waals surface area contributed by atoms with Gasteiger partial charge in [0.05, 0.1) is 5.56 Å². The van der Waals surface area contributed by atoms with Crippen molar-refractivity contribution in [2.24, 2.45) is 12.5 Å². The van der Waals surface area contributed by atoms with Gasteiger partial charge in [0.15, 0.2) is 5.78 Å². The van der Waals surface area contributed by atoms with Crippen molar-refractivity contribution in [1.82, 2.24) is 0 Å². The minimum absolute atomic E-state index is 0.218. The van der Waals surface area contributed by atoms with Crippen LogP contribution in [0.15, 0.2) is 54.6 Å². The van der Waals surface area contributed by atoms with Gasteiger partial charge in [-0.2, -0.15) is 4.57 Å². The molecule has 3 nitrogen and oxygen atoms in total. The molecule has 1 heterocycles. The summed E-state index contributed by atoms with van der Waals surface area (Å²) >= 11 is 0. The van der Waals surface area contributed by atoms with Crippen molar-refractivity contribution in [3.63, 3.8) is 0 Å². The summed E-state index contributed by atoms with van der Waals surface area (Å²) in [5, 5.41) is 1.10. The minimum Gasteiger partial charge on any atom is -0.378 e. The second-order valence-corrected chi connectivity index (χ2v) is 8.55. The molecule has 1 aromatic heterocycles. The van der Waals surface area contributed by atoms with E-state index in [-0.39, 0.29) is 11.2 Å². The number of aryl methyl sites for hydroxylation is 1. The summed E-state index contributed by atoms with van der Waals surface area (Å²) in [5.74, 6) is 0.224. The Morgan fingerprint density at radius 1 is 1.04 bits per heavy atom. The molecule has 0 unspecified atom stereocenters. The van der Waals surface area contributed by atoms with Crippen molar-refractivity contribution < 1.29 is 9.36 Å². The number of ketones is 1. The number of nitrogens with zero attached hydrogens (tertiary/aromatic N) is 2. The molecule has 2 aromatic carbocycles. The summed E-state index contributed by atoms with van der Waals surface area (Å²) in [6, 6.07) is 18.9. The quantitative estimate of drug-likeness (QED) is 0.600. The van der Waals surface area contributed by atoms with Gasteiger partial charge in [-0.15, -0.1) is 0 Å². The average molecular weight is 372 g/mol. The number of anilines is 1. The first-order chi connectivity index (χ1) is 13.3. The molecule has 0 saturated heterocycles. The lowest BCUT2D eigenvalue weighted by Crippen LogP contribution is -2.41. The van der Waals surface area contributed by atoms with Gasteiger partial charge in [0.1, 0.15) is 7.05 Å². The zero-order valence-corrected chi connectivity index (χ0v) is 17.3. The molecular weight excluding hydrogens is 344 g/mol. The van der Waals surface area contributed by atoms with Gasteiger partial charge in [-0.1, -0.05) is 38.1 Å². The molecule has 0 amide bonds. The number of aromatic nitrogens is 1. The third-order valence-corrected chi connectivity index (χ3v) is 5.80. The monoisotopic (exact) mass is 371 g/mol. The highest BCUT2D eigenvalue weighted by molar-refractivity contribution is 6.07. The second-order valence-electron chi connectivity index (χ2n) is 8.55. The summed E-state index contributed by atoms with van der Waals surface area (Å²) in [4.78, 5) is 15.1. The summed E-state index contributed by atoms with van der Waals surface area (Å²) in [6.07, 6.45) is 2.78. The summed E-state index contributed by atoms with van der Waals surface area (Å²) < 4.78 is 2.18. The lowest BCUT2D eigenvalue weighted by Gasteiger charge is -2.31. The molecule has 0 bridgehead atoms. The van der Waals surface area contributed by atoms with Crippen LogP contribution in [0.2, 0.25) is 0 Å². The molecular formula is C25H27N2O+. The Labute approximate surface area is 166 Å². The number of fused-ring (bicyclic) bond motifs is 2. The van der Waals surface area contributed by atoms with Crippen LogP contribution in [-0.4, -0.2) is 19.9 Å². The van der Waals surface area contributed by atoms with Crippen LogP contribution >= 0.6 is 0 Å². The predicted molar refractivity (Wildman–Crippen MR) is 116 cm³/mol. The molecule has 28 heavy (non-hydrogen) atoms. The first-order valence-corrected chi connectivity index (χ1v) is 9.73.